The molecule has 0 unspecified atom stereocenters. The molecule has 1 atom stereocenters. The molecule has 2 aromatic rings. The molecule has 0 radical (unpaired) electrons. The Hall–Kier alpha value is -3.35. The predicted molar refractivity (Wildman–Crippen MR) is 102 cm³/mol. The number of carbonyl (C=O) groups excluding carboxylic acids is 4. The number of hydrogen-bond donors (Lipinski definition) is 0. The van der Waals surface area contributed by atoms with Crippen molar-refractivity contribution in [1.82, 2.24) is 4.90 Å². The van der Waals surface area contributed by atoms with Gasteiger partial charge in [-0.2, -0.15) is 0 Å². The van der Waals surface area contributed by atoms with Crippen molar-refractivity contribution in [3.05, 3.63) is 71.0 Å². The molecule has 0 N–H and O–H groups in total. The Morgan fingerprint density at radius 1 is 0.966 bits per heavy atom. The maximum Gasteiger partial charge on any atom is 0.329 e. The third kappa shape index (κ3) is 4.23. The minimum atomic E-state index is -1.14. The maximum absolute atomic E-state index is 13.0. The second-order valence-electron chi connectivity index (χ2n) is 7.21. The van der Waals surface area contributed by atoms with Crippen LogP contribution >= 0.6 is 0 Å². The summed E-state index contributed by atoms with van der Waals surface area (Å²) in [4.78, 5) is 51.3. The Morgan fingerprint density at radius 3 is 2.03 bits per heavy atom. The highest BCUT2D eigenvalue weighted by molar-refractivity contribution is 6.22. The maximum atomic E-state index is 13.0. The number of amides is 2. The molecule has 7 heteroatoms. The Kier molecular flexibility index (Phi) is 5.87. The zero-order valence-electron chi connectivity index (χ0n) is 16.1. The van der Waals surface area contributed by atoms with E-state index in [2.05, 4.69) is 0 Å². The number of ketones is 1. The van der Waals surface area contributed by atoms with E-state index in [0.29, 0.717) is 0 Å². The molecule has 1 aliphatic heterocycles. The number of halogens is 1. The van der Waals surface area contributed by atoms with E-state index in [1.54, 1.807) is 12.1 Å². The van der Waals surface area contributed by atoms with Crippen LogP contribution in [0.1, 0.15) is 51.3 Å². The number of rotatable bonds is 7. The van der Waals surface area contributed by atoms with Crippen LogP contribution in [0.5, 0.6) is 0 Å². The molecule has 3 rings (SSSR count). The van der Waals surface area contributed by atoms with Crippen LogP contribution in [0.15, 0.2) is 48.5 Å². The van der Waals surface area contributed by atoms with E-state index in [9.17, 15) is 23.6 Å². The lowest BCUT2D eigenvalue weighted by atomic mass is 10.0. The van der Waals surface area contributed by atoms with Gasteiger partial charge in [0.1, 0.15) is 11.9 Å². The Bertz CT molecular complexity index is 932. The zero-order valence-corrected chi connectivity index (χ0v) is 16.1. The molecule has 0 fully saturated rings. The normalized spacial score (nSPS) is 14.1. The summed E-state index contributed by atoms with van der Waals surface area (Å²) in [5.41, 5.74) is 0.670. The van der Waals surface area contributed by atoms with Gasteiger partial charge < -0.3 is 4.74 Å². The van der Waals surface area contributed by atoms with Gasteiger partial charge in [-0.05, 0) is 48.7 Å². The highest BCUT2D eigenvalue weighted by atomic mass is 19.1. The highest BCUT2D eigenvalue weighted by Crippen LogP contribution is 2.27. The van der Waals surface area contributed by atoms with Crippen LogP contribution in [0, 0.1) is 11.7 Å². The number of esters is 1. The number of hydrogen-bond acceptors (Lipinski definition) is 5. The van der Waals surface area contributed by atoms with Gasteiger partial charge in [0.25, 0.3) is 11.8 Å². The van der Waals surface area contributed by atoms with E-state index < -0.39 is 42.0 Å². The van der Waals surface area contributed by atoms with Crippen molar-refractivity contribution < 1.29 is 28.3 Å². The van der Waals surface area contributed by atoms with Gasteiger partial charge in [0, 0.05) is 5.56 Å². The van der Waals surface area contributed by atoms with Gasteiger partial charge in [-0.15, -0.1) is 0 Å². The van der Waals surface area contributed by atoms with Crippen molar-refractivity contribution in [1.29, 1.82) is 0 Å². The number of fused-ring (bicyclic) bond motifs is 1. The summed E-state index contributed by atoms with van der Waals surface area (Å²) in [6, 6.07) is 10.1. The van der Waals surface area contributed by atoms with Crippen molar-refractivity contribution in [3.63, 3.8) is 0 Å². The van der Waals surface area contributed by atoms with Gasteiger partial charge >= 0.3 is 5.97 Å². The average Bonchev–Trinajstić information content (AvgIpc) is 2.95. The smallest absolute Gasteiger partial charge is 0.329 e. The summed E-state index contributed by atoms with van der Waals surface area (Å²) in [5, 5.41) is 0. The third-order valence-corrected chi connectivity index (χ3v) is 4.62. The lowest BCUT2D eigenvalue weighted by Gasteiger charge is -2.25. The van der Waals surface area contributed by atoms with Crippen LogP contribution in [-0.4, -0.2) is 41.1 Å². The fraction of sp³-hybridized carbons (Fsp3) is 0.273. The first kappa shape index (κ1) is 20.4. The second kappa shape index (κ2) is 8.34. The minimum Gasteiger partial charge on any atom is -0.456 e. The van der Waals surface area contributed by atoms with Crippen LogP contribution in [0.25, 0.3) is 0 Å². The number of benzene rings is 2. The molecule has 0 saturated carbocycles. The van der Waals surface area contributed by atoms with Crippen molar-refractivity contribution in [3.8, 4) is 0 Å². The first-order valence-electron chi connectivity index (χ1n) is 9.22. The van der Waals surface area contributed by atoms with Crippen LogP contribution in [-0.2, 0) is 9.53 Å². The van der Waals surface area contributed by atoms with Crippen LogP contribution in [0.2, 0.25) is 0 Å². The molecule has 6 nitrogen and oxygen atoms in total. The molecule has 0 aromatic heterocycles. The Balaban J connectivity index is 1.76. The van der Waals surface area contributed by atoms with E-state index in [0.717, 1.165) is 17.0 Å². The van der Waals surface area contributed by atoms with Gasteiger partial charge in [0.05, 0.1) is 11.1 Å². The molecule has 150 valence electrons. The molecule has 0 aliphatic carbocycles. The fourth-order valence-electron chi connectivity index (χ4n) is 3.20. The largest absolute Gasteiger partial charge is 0.456 e. The standard InChI is InChI=1S/C22H20FNO5/c1-13(2)11-18(24-20(26)16-5-3-4-6-17(16)21(24)27)22(28)29-12-19(25)14-7-9-15(23)10-8-14/h3-10,13,18H,11-12H2,1-2H3/t18-/m1/s1. The fourth-order valence-corrected chi connectivity index (χ4v) is 3.20. The minimum absolute atomic E-state index is 0.00957. The summed E-state index contributed by atoms with van der Waals surface area (Å²) in [5.74, 6) is -2.95. The Morgan fingerprint density at radius 2 is 1.52 bits per heavy atom. The lowest BCUT2D eigenvalue weighted by Crippen LogP contribution is -2.46. The van der Waals surface area contributed by atoms with E-state index in [1.165, 1.54) is 24.3 Å². The number of carbonyl (C=O) groups is 4. The number of imide groups is 1. The summed E-state index contributed by atoms with van der Waals surface area (Å²) in [7, 11) is 0. The molecule has 2 amide bonds. The molecular weight excluding hydrogens is 377 g/mol. The van der Waals surface area contributed by atoms with Crippen molar-refractivity contribution in [2.24, 2.45) is 5.92 Å². The summed E-state index contributed by atoms with van der Waals surface area (Å²) < 4.78 is 18.1. The van der Waals surface area contributed by atoms with Crippen LogP contribution < -0.4 is 0 Å². The molecule has 2 aromatic carbocycles. The van der Waals surface area contributed by atoms with Crippen LogP contribution in [0.4, 0.5) is 4.39 Å². The number of ether oxygens (including phenoxy) is 1. The van der Waals surface area contributed by atoms with Gasteiger partial charge in [-0.25, -0.2) is 9.18 Å². The summed E-state index contributed by atoms with van der Waals surface area (Å²) >= 11 is 0. The molecule has 1 heterocycles. The first-order chi connectivity index (χ1) is 13.8. The van der Waals surface area contributed by atoms with Crippen molar-refractivity contribution in [2.75, 3.05) is 6.61 Å². The first-order valence-corrected chi connectivity index (χ1v) is 9.22. The highest BCUT2D eigenvalue weighted by Gasteiger charge is 2.43. The molecule has 0 saturated heterocycles. The Labute approximate surface area is 167 Å². The monoisotopic (exact) mass is 397 g/mol. The van der Waals surface area contributed by atoms with E-state index in [-0.39, 0.29) is 29.0 Å². The average molecular weight is 397 g/mol. The molecular formula is C22H20FNO5. The summed E-state index contributed by atoms with van der Waals surface area (Å²) in [6.45, 7) is 3.13. The molecule has 1 aliphatic rings. The molecule has 0 bridgehead atoms. The second-order valence-corrected chi connectivity index (χ2v) is 7.21. The van der Waals surface area contributed by atoms with Gasteiger partial charge in [0.15, 0.2) is 12.4 Å². The zero-order chi connectivity index (χ0) is 21.1. The quantitative estimate of drug-likeness (QED) is 0.407. The molecule has 0 spiro atoms. The van der Waals surface area contributed by atoms with Crippen LogP contribution in [0.3, 0.4) is 0 Å². The number of Topliss-reactive ketones (excluding diaryl/α,β-unsaturated/α-hetero) is 1. The van der Waals surface area contributed by atoms with Gasteiger partial charge in [-0.3, -0.25) is 19.3 Å². The van der Waals surface area contributed by atoms with Crippen molar-refractivity contribution in [2.45, 2.75) is 26.3 Å². The number of nitrogens with zero attached hydrogens (tertiary/aromatic N) is 1. The summed E-state index contributed by atoms with van der Waals surface area (Å²) in [6.07, 6.45) is 0.203. The van der Waals surface area contributed by atoms with E-state index in [1.807, 2.05) is 13.8 Å². The third-order valence-electron chi connectivity index (χ3n) is 4.62. The van der Waals surface area contributed by atoms with Gasteiger partial charge in [-0.1, -0.05) is 26.0 Å². The predicted octanol–water partition coefficient (Wildman–Crippen LogP) is 3.26. The molecule has 29 heavy (non-hydrogen) atoms. The lowest BCUT2D eigenvalue weighted by molar-refractivity contribution is -0.147. The van der Waals surface area contributed by atoms with E-state index >= 15 is 0 Å². The van der Waals surface area contributed by atoms with E-state index in [4.69, 9.17) is 4.74 Å². The van der Waals surface area contributed by atoms with Gasteiger partial charge in [0.2, 0.25) is 0 Å². The van der Waals surface area contributed by atoms with Crippen molar-refractivity contribution >= 4 is 23.6 Å². The topological polar surface area (TPSA) is 80.8 Å². The SMILES string of the molecule is CC(C)C[C@H](C(=O)OCC(=O)c1ccc(F)cc1)N1C(=O)c2ccccc2C1=O.